The van der Waals surface area contributed by atoms with Crippen LogP contribution in [-0.2, 0) is 20.9 Å². The molecule has 6 nitrogen and oxygen atoms in total. The molecule has 7 heteroatoms. The number of anilines is 1. The first-order valence-electron chi connectivity index (χ1n) is 10.6. The second-order valence-corrected chi connectivity index (χ2v) is 7.99. The van der Waals surface area contributed by atoms with Crippen molar-refractivity contribution in [2.75, 3.05) is 18.4 Å². The molecule has 0 spiro atoms. The molecule has 3 rings (SSSR count). The summed E-state index contributed by atoms with van der Waals surface area (Å²) in [6, 6.07) is 13.2. The molecule has 2 N–H and O–H groups in total. The highest BCUT2D eigenvalue weighted by Crippen LogP contribution is 2.27. The van der Waals surface area contributed by atoms with Crippen molar-refractivity contribution >= 4 is 23.4 Å². The average molecular weight is 426 g/mol. The molecule has 1 fully saturated rings. The van der Waals surface area contributed by atoms with Gasteiger partial charge >= 0.3 is 0 Å². The van der Waals surface area contributed by atoms with Crippen LogP contribution in [0.15, 0.2) is 48.5 Å². The highest BCUT2D eigenvalue weighted by Gasteiger charge is 2.28. The molecular formula is C24H28FN3O3. The van der Waals surface area contributed by atoms with Crippen molar-refractivity contribution < 1.29 is 18.8 Å². The molecule has 164 valence electrons. The minimum Gasteiger partial charge on any atom is -0.345 e. The molecule has 3 amide bonds. The summed E-state index contributed by atoms with van der Waals surface area (Å²) in [5, 5.41) is 5.30. The lowest BCUT2D eigenvalue weighted by Crippen LogP contribution is -2.44. The second-order valence-electron chi connectivity index (χ2n) is 7.99. The van der Waals surface area contributed by atoms with E-state index in [1.807, 2.05) is 19.1 Å². The van der Waals surface area contributed by atoms with Crippen molar-refractivity contribution in [1.29, 1.82) is 0 Å². The maximum Gasteiger partial charge on any atom is 0.243 e. The fourth-order valence-corrected chi connectivity index (χ4v) is 3.70. The first-order chi connectivity index (χ1) is 14.9. The van der Waals surface area contributed by atoms with Gasteiger partial charge in [0.2, 0.25) is 17.7 Å². The van der Waals surface area contributed by atoms with E-state index >= 15 is 0 Å². The summed E-state index contributed by atoms with van der Waals surface area (Å²) in [7, 11) is 0. The normalized spacial score (nSPS) is 13.6. The number of carbonyl (C=O) groups is 3. The molecule has 0 bridgehead atoms. The van der Waals surface area contributed by atoms with Crippen LogP contribution in [0.5, 0.6) is 0 Å². The van der Waals surface area contributed by atoms with E-state index < -0.39 is 5.91 Å². The van der Waals surface area contributed by atoms with Gasteiger partial charge < -0.3 is 15.5 Å². The van der Waals surface area contributed by atoms with Crippen LogP contribution >= 0.6 is 0 Å². The predicted octanol–water partition coefficient (Wildman–Crippen LogP) is 3.41. The highest BCUT2D eigenvalue weighted by molar-refractivity contribution is 5.95. The molecule has 0 aliphatic heterocycles. The number of hydrogen-bond acceptors (Lipinski definition) is 3. The molecule has 2 aromatic rings. The number of hydrogen-bond donors (Lipinski definition) is 2. The Bertz CT molecular complexity index is 907. The van der Waals surface area contributed by atoms with Gasteiger partial charge in [-0.3, -0.25) is 14.4 Å². The number of benzene rings is 2. The molecule has 1 aliphatic rings. The van der Waals surface area contributed by atoms with Crippen LogP contribution in [0.2, 0.25) is 0 Å². The zero-order valence-electron chi connectivity index (χ0n) is 17.7. The fraction of sp³-hybridized carbons (Fsp3) is 0.375. The first kappa shape index (κ1) is 22.5. The van der Waals surface area contributed by atoms with Crippen molar-refractivity contribution in [2.45, 2.75) is 39.2 Å². The third-order valence-corrected chi connectivity index (χ3v) is 5.42. The van der Waals surface area contributed by atoms with Gasteiger partial charge in [-0.15, -0.1) is 0 Å². The van der Waals surface area contributed by atoms with Crippen LogP contribution in [0.3, 0.4) is 0 Å². The lowest BCUT2D eigenvalue weighted by molar-refractivity contribution is -0.140. The quantitative estimate of drug-likeness (QED) is 0.680. The molecule has 0 saturated heterocycles. The Kier molecular flexibility index (Phi) is 7.76. The van der Waals surface area contributed by atoms with E-state index in [1.165, 1.54) is 17.0 Å². The predicted molar refractivity (Wildman–Crippen MR) is 117 cm³/mol. The van der Waals surface area contributed by atoms with E-state index in [2.05, 4.69) is 10.6 Å². The van der Waals surface area contributed by atoms with E-state index in [0.717, 1.165) is 36.8 Å². The number of rotatable bonds is 8. The Morgan fingerprint density at radius 3 is 2.26 bits per heavy atom. The average Bonchev–Trinajstić information content (AvgIpc) is 3.29. The number of amides is 3. The second kappa shape index (κ2) is 10.7. The molecule has 0 radical (unpaired) electrons. The smallest absolute Gasteiger partial charge is 0.243 e. The van der Waals surface area contributed by atoms with E-state index in [0.29, 0.717) is 5.69 Å². The van der Waals surface area contributed by atoms with Gasteiger partial charge in [-0.2, -0.15) is 0 Å². The van der Waals surface area contributed by atoms with Gasteiger partial charge in [0.05, 0.1) is 13.1 Å². The van der Waals surface area contributed by atoms with Gasteiger partial charge in [-0.25, -0.2) is 4.39 Å². The summed E-state index contributed by atoms with van der Waals surface area (Å²) in [5.41, 5.74) is 2.48. The highest BCUT2D eigenvalue weighted by atomic mass is 19.1. The van der Waals surface area contributed by atoms with Gasteiger partial charge in [0.1, 0.15) is 5.82 Å². The SMILES string of the molecule is Cc1ccc(NC(=O)CNC(=O)CN(Cc2ccc(F)cc2)C(=O)C2CCCC2)cc1. The van der Waals surface area contributed by atoms with Crippen molar-refractivity contribution in [1.82, 2.24) is 10.2 Å². The van der Waals surface area contributed by atoms with Crippen LogP contribution in [0, 0.1) is 18.7 Å². The van der Waals surface area contributed by atoms with Gasteiger partial charge in [-0.1, -0.05) is 42.7 Å². The van der Waals surface area contributed by atoms with Crippen LogP contribution < -0.4 is 10.6 Å². The zero-order valence-corrected chi connectivity index (χ0v) is 17.7. The summed E-state index contributed by atoms with van der Waals surface area (Å²) in [5.74, 6) is -1.26. The topological polar surface area (TPSA) is 78.5 Å². The van der Waals surface area contributed by atoms with Gasteiger partial charge in [0.25, 0.3) is 0 Å². The monoisotopic (exact) mass is 425 g/mol. The lowest BCUT2D eigenvalue weighted by Gasteiger charge is -2.25. The molecule has 2 aromatic carbocycles. The third kappa shape index (κ3) is 6.91. The van der Waals surface area contributed by atoms with Crippen molar-refractivity contribution in [3.8, 4) is 0 Å². The summed E-state index contributed by atoms with van der Waals surface area (Å²) >= 11 is 0. The summed E-state index contributed by atoms with van der Waals surface area (Å²) in [6.45, 7) is 1.84. The van der Waals surface area contributed by atoms with Gasteiger partial charge in [-0.05, 0) is 49.6 Å². The van der Waals surface area contributed by atoms with Crippen molar-refractivity contribution in [3.05, 3.63) is 65.5 Å². The Morgan fingerprint density at radius 1 is 0.968 bits per heavy atom. The largest absolute Gasteiger partial charge is 0.345 e. The first-order valence-corrected chi connectivity index (χ1v) is 10.6. The summed E-state index contributed by atoms with van der Waals surface area (Å²) in [4.78, 5) is 39.0. The number of nitrogens with one attached hydrogen (secondary N) is 2. The van der Waals surface area contributed by atoms with E-state index in [1.54, 1.807) is 24.3 Å². The van der Waals surface area contributed by atoms with Gasteiger partial charge in [0, 0.05) is 18.2 Å². The minimum atomic E-state index is -0.410. The molecular weight excluding hydrogens is 397 g/mol. The Balaban J connectivity index is 1.56. The van der Waals surface area contributed by atoms with Crippen LogP contribution in [0.25, 0.3) is 0 Å². The minimum absolute atomic E-state index is 0.0684. The standard InChI is InChI=1S/C24H28FN3O3/c1-17-6-12-21(13-7-17)27-22(29)14-26-23(30)16-28(24(31)19-4-2-3-5-19)15-18-8-10-20(25)11-9-18/h6-13,19H,2-5,14-16H2,1H3,(H,26,30)(H,27,29). The molecule has 0 unspecified atom stereocenters. The molecule has 31 heavy (non-hydrogen) atoms. The molecule has 0 aromatic heterocycles. The fourth-order valence-electron chi connectivity index (χ4n) is 3.70. The maximum absolute atomic E-state index is 13.2. The molecule has 1 saturated carbocycles. The molecule has 0 atom stereocenters. The number of nitrogens with zero attached hydrogens (tertiary/aromatic N) is 1. The lowest BCUT2D eigenvalue weighted by atomic mass is 10.1. The summed E-state index contributed by atoms with van der Waals surface area (Å²) < 4.78 is 13.2. The summed E-state index contributed by atoms with van der Waals surface area (Å²) in [6.07, 6.45) is 3.65. The van der Waals surface area contributed by atoms with E-state index in [-0.39, 0.29) is 43.2 Å². The molecule has 1 aliphatic carbocycles. The van der Waals surface area contributed by atoms with Crippen molar-refractivity contribution in [3.63, 3.8) is 0 Å². The third-order valence-electron chi connectivity index (χ3n) is 5.42. The van der Waals surface area contributed by atoms with E-state index in [9.17, 15) is 18.8 Å². The zero-order chi connectivity index (χ0) is 22.2. The number of aryl methyl sites for hydroxylation is 1. The van der Waals surface area contributed by atoms with Crippen LogP contribution in [-0.4, -0.2) is 35.7 Å². The Morgan fingerprint density at radius 2 is 1.61 bits per heavy atom. The van der Waals surface area contributed by atoms with Crippen LogP contribution in [0.4, 0.5) is 10.1 Å². The maximum atomic E-state index is 13.2. The molecule has 0 heterocycles. The van der Waals surface area contributed by atoms with E-state index in [4.69, 9.17) is 0 Å². The Labute approximate surface area is 181 Å². The van der Waals surface area contributed by atoms with Gasteiger partial charge in [0.15, 0.2) is 0 Å². The number of halogens is 1. The van der Waals surface area contributed by atoms with Crippen molar-refractivity contribution in [2.24, 2.45) is 5.92 Å². The van der Waals surface area contributed by atoms with Crippen LogP contribution in [0.1, 0.15) is 36.8 Å². The number of carbonyl (C=O) groups excluding carboxylic acids is 3. The Hall–Kier alpha value is -3.22.